The normalized spacial score (nSPS) is 10.1. The van der Waals surface area contributed by atoms with Crippen LogP contribution < -0.4 is 5.32 Å². The second kappa shape index (κ2) is 6.30. The van der Waals surface area contributed by atoms with Crippen molar-refractivity contribution in [2.45, 2.75) is 6.42 Å². The molecular weight excluding hydrogens is 232 g/mol. The van der Waals surface area contributed by atoms with Crippen LogP contribution >= 0.6 is 11.6 Å². The summed E-state index contributed by atoms with van der Waals surface area (Å²) in [5.74, 6) is -0.565. The van der Waals surface area contributed by atoms with Crippen molar-refractivity contribution in [1.82, 2.24) is 4.98 Å². The molecule has 5 nitrogen and oxygen atoms in total. The van der Waals surface area contributed by atoms with Crippen LogP contribution in [0.15, 0.2) is 12.1 Å². The van der Waals surface area contributed by atoms with Crippen LogP contribution in [0.5, 0.6) is 0 Å². The molecule has 0 atom stereocenters. The Bertz CT molecular complexity index is 371. The number of nitrogens with one attached hydrogen (secondary N) is 1. The maximum absolute atomic E-state index is 10.7. The number of aromatic nitrogens is 1. The molecule has 0 aliphatic heterocycles. The fraction of sp³-hybridized carbons (Fsp3) is 0.400. The second-order valence-corrected chi connectivity index (χ2v) is 3.53. The molecule has 2 N–H and O–H groups in total. The number of methoxy groups -OCH3 is 1. The Morgan fingerprint density at radius 1 is 1.62 bits per heavy atom. The average molecular weight is 245 g/mol. The molecule has 0 unspecified atom stereocenters. The molecule has 1 aromatic heterocycles. The SMILES string of the molecule is COCCCNc1cc(C(=O)O)cc(Cl)n1. The van der Waals surface area contributed by atoms with E-state index in [1.807, 2.05) is 0 Å². The van der Waals surface area contributed by atoms with Crippen LogP contribution in [-0.4, -0.2) is 36.3 Å². The van der Waals surface area contributed by atoms with Crippen LogP contribution in [-0.2, 0) is 4.74 Å². The molecule has 0 aliphatic rings. The van der Waals surface area contributed by atoms with Crippen molar-refractivity contribution in [3.63, 3.8) is 0 Å². The second-order valence-electron chi connectivity index (χ2n) is 3.14. The largest absolute Gasteiger partial charge is 0.478 e. The van der Waals surface area contributed by atoms with Gasteiger partial charge in [-0.2, -0.15) is 0 Å². The van der Waals surface area contributed by atoms with Gasteiger partial charge in [-0.05, 0) is 18.6 Å². The zero-order valence-electron chi connectivity index (χ0n) is 8.86. The first kappa shape index (κ1) is 12.7. The molecule has 0 saturated heterocycles. The summed E-state index contributed by atoms with van der Waals surface area (Å²) in [5.41, 5.74) is 0.120. The third kappa shape index (κ3) is 4.04. The number of hydrogen-bond acceptors (Lipinski definition) is 4. The minimum atomic E-state index is -1.02. The average Bonchev–Trinajstić information content (AvgIpc) is 2.23. The van der Waals surface area contributed by atoms with E-state index in [1.54, 1.807) is 7.11 Å². The fourth-order valence-corrected chi connectivity index (χ4v) is 1.35. The lowest BCUT2D eigenvalue weighted by atomic mass is 10.2. The number of ether oxygens (including phenoxy) is 1. The van der Waals surface area contributed by atoms with Gasteiger partial charge in [-0.25, -0.2) is 9.78 Å². The molecular formula is C10H13ClN2O3. The molecule has 0 radical (unpaired) electrons. The van der Waals surface area contributed by atoms with E-state index in [0.29, 0.717) is 19.0 Å². The van der Waals surface area contributed by atoms with Crippen LogP contribution in [0, 0.1) is 0 Å². The summed E-state index contributed by atoms with van der Waals surface area (Å²) >= 11 is 5.70. The van der Waals surface area contributed by atoms with Gasteiger partial charge in [-0.3, -0.25) is 0 Å². The molecule has 1 rings (SSSR count). The van der Waals surface area contributed by atoms with Crippen molar-refractivity contribution in [3.05, 3.63) is 22.8 Å². The number of pyridine rings is 1. The molecule has 0 amide bonds. The predicted molar refractivity (Wildman–Crippen MR) is 61.2 cm³/mol. The predicted octanol–water partition coefficient (Wildman–Crippen LogP) is 1.88. The van der Waals surface area contributed by atoms with Crippen molar-refractivity contribution >= 4 is 23.4 Å². The number of nitrogens with zero attached hydrogens (tertiary/aromatic N) is 1. The number of hydrogen-bond donors (Lipinski definition) is 2. The summed E-state index contributed by atoms with van der Waals surface area (Å²) in [7, 11) is 1.63. The van der Waals surface area contributed by atoms with Crippen molar-refractivity contribution < 1.29 is 14.6 Å². The van der Waals surface area contributed by atoms with E-state index in [1.165, 1.54) is 12.1 Å². The third-order valence-corrected chi connectivity index (χ3v) is 2.07. The highest BCUT2D eigenvalue weighted by atomic mass is 35.5. The molecule has 88 valence electrons. The van der Waals surface area contributed by atoms with E-state index in [0.717, 1.165) is 6.42 Å². The molecule has 0 saturated carbocycles. The summed E-state index contributed by atoms with van der Waals surface area (Å²) in [4.78, 5) is 14.7. The molecule has 1 heterocycles. The molecule has 0 aliphatic carbocycles. The standard InChI is InChI=1S/C10H13ClN2O3/c1-16-4-2-3-12-9-6-7(10(14)15)5-8(11)13-9/h5-6H,2-4H2,1H3,(H,12,13)(H,14,15). The molecule has 6 heteroatoms. The van der Waals surface area contributed by atoms with E-state index in [-0.39, 0.29) is 10.7 Å². The Kier molecular flexibility index (Phi) is 5.01. The number of anilines is 1. The highest BCUT2D eigenvalue weighted by Crippen LogP contribution is 2.14. The number of halogens is 1. The van der Waals surface area contributed by atoms with Crippen molar-refractivity contribution in [2.75, 3.05) is 25.6 Å². The van der Waals surface area contributed by atoms with Gasteiger partial charge in [0.1, 0.15) is 11.0 Å². The van der Waals surface area contributed by atoms with Gasteiger partial charge in [-0.1, -0.05) is 11.6 Å². The zero-order valence-corrected chi connectivity index (χ0v) is 9.62. The number of carboxylic acids is 1. The van der Waals surface area contributed by atoms with Gasteiger partial charge in [0.05, 0.1) is 5.56 Å². The van der Waals surface area contributed by atoms with Crippen LogP contribution in [0.1, 0.15) is 16.8 Å². The number of aromatic carboxylic acids is 1. The first-order valence-corrected chi connectivity index (χ1v) is 5.15. The highest BCUT2D eigenvalue weighted by Gasteiger charge is 2.06. The lowest BCUT2D eigenvalue weighted by Gasteiger charge is -2.06. The van der Waals surface area contributed by atoms with Gasteiger partial charge >= 0.3 is 5.97 Å². The van der Waals surface area contributed by atoms with Gasteiger partial charge in [0, 0.05) is 20.3 Å². The Morgan fingerprint density at radius 2 is 2.38 bits per heavy atom. The summed E-state index contributed by atoms with van der Waals surface area (Å²) in [5, 5.41) is 11.9. The van der Waals surface area contributed by atoms with Crippen LogP contribution in [0.25, 0.3) is 0 Å². The van der Waals surface area contributed by atoms with Crippen molar-refractivity contribution in [2.24, 2.45) is 0 Å². The lowest BCUT2D eigenvalue weighted by Crippen LogP contribution is -2.07. The Morgan fingerprint density at radius 3 is 3.00 bits per heavy atom. The molecule has 0 aromatic carbocycles. The summed E-state index contributed by atoms with van der Waals surface area (Å²) in [6.45, 7) is 1.29. The first-order valence-electron chi connectivity index (χ1n) is 4.77. The number of rotatable bonds is 6. The summed E-state index contributed by atoms with van der Waals surface area (Å²) in [6, 6.07) is 2.76. The van der Waals surface area contributed by atoms with Crippen LogP contribution in [0.2, 0.25) is 5.15 Å². The van der Waals surface area contributed by atoms with Crippen LogP contribution in [0.3, 0.4) is 0 Å². The van der Waals surface area contributed by atoms with E-state index in [9.17, 15) is 4.79 Å². The van der Waals surface area contributed by atoms with Gasteiger partial charge < -0.3 is 15.2 Å². The van der Waals surface area contributed by atoms with Crippen molar-refractivity contribution in [1.29, 1.82) is 0 Å². The molecule has 16 heavy (non-hydrogen) atoms. The zero-order chi connectivity index (χ0) is 12.0. The Labute approximate surface area is 98.4 Å². The Hall–Kier alpha value is -1.33. The smallest absolute Gasteiger partial charge is 0.335 e. The minimum Gasteiger partial charge on any atom is -0.478 e. The van der Waals surface area contributed by atoms with Crippen molar-refractivity contribution in [3.8, 4) is 0 Å². The monoisotopic (exact) mass is 244 g/mol. The number of carboxylic acid groups (broad SMARTS) is 1. The molecule has 0 bridgehead atoms. The third-order valence-electron chi connectivity index (χ3n) is 1.87. The van der Waals surface area contributed by atoms with Gasteiger partial charge in [0.2, 0.25) is 0 Å². The highest BCUT2D eigenvalue weighted by molar-refractivity contribution is 6.29. The van der Waals surface area contributed by atoms with Gasteiger partial charge in [-0.15, -0.1) is 0 Å². The van der Waals surface area contributed by atoms with Gasteiger partial charge in [0.25, 0.3) is 0 Å². The maximum Gasteiger partial charge on any atom is 0.335 e. The molecule has 0 fully saturated rings. The number of carbonyl (C=O) groups is 1. The van der Waals surface area contributed by atoms with E-state index in [4.69, 9.17) is 21.4 Å². The fourth-order valence-electron chi connectivity index (χ4n) is 1.14. The first-order chi connectivity index (χ1) is 7.63. The summed E-state index contributed by atoms with van der Waals surface area (Å²) in [6.07, 6.45) is 0.813. The molecule has 0 spiro atoms. The topological polar surface area (TPSA) is 71.5 Å². The lowest BCUT2D eigenvalue weighted by molar-refractivity contribution is 0.0697. The van der Waals surface area contributed by atoms with Gasteiger partial charge in [0.15, 0.2) is 0 Å². The summed E-state index contributed by atoms with van der Waals surface area (Å²) < 4.78 is 4.88. The minimum absolute atomic E-state index is 0.120. The van der Waals surface area contributed by atoms with E-state index in [2.05, 4.69) is 10.3 Å². The molecule has 1 aromatic rings. The maximum atomic E-state index is 10.7. The Balaban J connectivity index is 2.62. The van der Waals surface area contributed by atoms with E-state index < -0.39 is 5.97 Å². The van der Waals surface area contributed by atoms with Crippen LogP contribution in [0.4, 0.5) is 5.82 Å². The quantitative estimate of drug-likeness (QED) is 0.591. The van der Waals surface area contributed by atoms with E-state index >= 15 is 0 Å².